The Hall–Kier alpha value is -3.53. The topological polar surface area (TPSA) is 90.5 Å². The van der Waals surface area contributed by atoms with Gasteiger partial charge in [-0.3, -0.25) is 4.79 Å². The highest BCUT2D eigenvalue weighted by atomic mass is 32.2. The van der Waals surface area contributed by atoms with Gasteiger partial charge >= 0.3 is 0 Å². The van der Waals surface area contributed by atoms with Gasteiger partial charge in [-0.05, 0) is 67.2 Å². The third kappa shape index (κ3) is 6.13. The number of carbonyl (C=O) groups excluding carboxylic acids is 1. The van der Waals surface area contributed by atoms with Gasteiger partial charge in [0.05, 0.1) is 23.2 Å². The second kappa shape index (κ2) is 9.99. The van der Waals surface area contributed by atoms with Gasteiger partial charge in [-0.15, -0.1) is 0 Å². The van der Waals surface area contributed by atoms with Crippen LogP contribution in [-0.2, 0) is 27.9 Å². The van der Waals surface area contributed by atoms with Crippen LogP contribution in [-0.4, -0.2) is 39.6 Å². The van der Waals surface area contributed by atoms with Gasteiger partial charge in [0.25, 0.3) is 5.91 Å². The number of fused-ring (bicyclic) bond motifs is 1. The van der Waals surface area contributed by atoms with Gasteiger partial charge in [0.15, 0.2) is 0 Å². The van der Waals surface area contributed by atoms with Crippen LogP contribution in [0.25, 0.3) is 11.3 Å². The van der Waals surface area contributed by atoms with E-state index in [4.69, 9.17) is 0 Å². The van der Waals surface area contributed by atoms with E-state index in [1.165, 1.54) is 12.1 Å². The molecule has 1 amide bonds. The van der Waals surface area contributed by atoms with Crippen LogP contribution < -0.4 is 15.4 Å². The molecule has 1 aliphatic rings. The fourth-order valence-electron chi connectivity index (χ4n) is 3.93. The minimum Gasteiger partial charge on any atom is -0.354 e. The van der Waals surface area contributed by atoms with Crippen molar-refractivity contribution in [3.63, 3.8) is 0 Å². The number of amides is 1. The largest absolute Gasteiger partial charge is 0.354 e. The molecule has 3 aromatic rings. The highest BCUT2D eigenvalue weighted by Crippen LogP contribution is 2.38. The number of nitrogens with one attached hydrogen (secondary N) is 3. The molecule has 1 aliphatic heterocycles. The Morgan fingerprint density at radius 1 is 1.00 bits per heavy atom. The summed E-state index contributed by atoms with van der Waals surface area (Å²) >= 11 is 0. The molecule has 0 radical (unpaired) electrons. The second-order valence-corrected chi connectivity index (χ2v) is 10.6. The van der Waals surface area contributed by atoms with Crippen LogP contribution in [0.1, 0.15) is 22.3 Å². The lowest BCUT2D eigenvalue weighted by Crippen LogP contribution is -2.21. The third-order valence-corrected chi connectivity index (χ3v) is 6.12. The van der Waals surface area contributed by atoms with Crippen LogP contribution in [0, 0.1) is 5.82 Å². The SMILES string of the molecule is CN(C)Cc1ccc(NC(=C2C(=O)Nc3cc(F)ccc32)c2cccc(CNS(C)(=O)=O)c2)cc1. The van der Waals surface area contributed by atoms with Crippen molar-refractivity contribution in [2.45, 2.75) is 13.1 Å². The van der Waals surface area contributed by atoms with E-state index in [2.05, 4.69) is 20.3 Å². The number of hydrogen-bond donors (Lipinski definition) is 3. The van der Waals surface area contributed by atoms with Crippen molar-refractivity contribution in [2.24, 2.45) is 0 Å². The Morgan fingerprint density at radius 3 is 2.43 bits per heavy atom. The predicted molar refractivity (Wildman–Crippen MR) is 137 cm³/mol. The molecule has 0 unspecified atom stereocenters. The van der Waals surface area contributed by atoms with Crippen molar-refractivity contribution in [3.8, 4) is 0 Å². The minimum absolute atomic E-state index is 0.114. The normalized spacial score (nSPS) is 14.6. The standard InChI is InChI=1S/C26H27FN4O3S/c1-31(2)16-17-7-10-21(11-8-17)29-25(19-6-4-5-18(13-19)15-28-35(3,33)34)24-22-12-9-20(27)14-23(22)30-26(24)32/h4-14,28-29H,15-16H2,1-3H3,(H,30,32). The van der Waals surface area contributed by atoms with Crippen molar-refractivity contribution >= 4 is 38.6 Å². The van der Waals surface area contributed by atoms with E-state index in [9.17, 15) is 17.6 Å². The van der Waals surface area contributed by atoms with E-state index < -0.39 is 15.8 Å². The minimum atomic E-state index is -3.37. The van der Waals surface area contributed by atoms with Gasteiger partial charge in [-0.25, -0.2) is 17.5 Å². The first-order valence-electron chi connectivity index (χ1n) is 11.0. The average Bonchev–Trinajstić information content (AvgIpc) is 3.11. The third-order valence-electron chi connectivity index (χ3n) is 5.45. The van der Waals surface area contributed by atoms with Crippen molar-refractivity contribution < 1.29 is 17.6 Å². The molecule has 182 valence electrons. The first-order valence-corrected chi connectivity index (χ1v) is 12.9. The number of halogens is 1. The number of anilines is 2. The van der Waals surface area contributed by atoms with Gasteiger partial charge in [0.2, 0.25) is 10.0 Å². The number of benzene rings is 3. The molecule has 0 aromatic heterocycles. The Bertz CT molecular complexity index is 1400. The molecule has 0 spiro atoms. The van der Waals surface area contributed by atoms with E-state index in [1.807, 2.05) is 50.5 Å². The molecule has 0 aliphatic carbocycles. The summed E-state index contributed by atoms with van der Waals surface area (Å²) < 4.78 is 39.4. The number of sulfonamides is 1. The number of rotatable bonds is 8. The maximum atomic E-state index is 13.8. The summed E-state index contributed by atoms with van der Waals surface area (Å²) in [6.07, 6.45) is 1.10. The molecule has 9 heteroatoms. The zero-order valence-electron chi connectivity index (χ0n) is 19.7. The summed E-state index contributed by atoms with van der Waals surface area (Å²) in [5, 5.41) is 6.12. The number of nitrogens with zero attached hydrogens (tertiary/aromatic N) is 1. The molecule has 3 N–H and O–H groups in total. The van der Waals surface area contributed by atoms with Gasteiger partial charge in [0.1, 0.15) is 5.82 Å². The number of carbonyl (C=O) groups is 1. The molecule has 3 aromatic carbocycles. The average molecular weight is 495 g/mol. The fourth-order valence-corrected chi connectivity index (χ4v) is 4.36. The highest BCUT2D eigenvalue weighted by molar-refractivity contribution is 7.88. The summed E-state index contributed by atoms with van der Waals surface area (Å²) in [7, 11) is 0.633. The summed E-state index contributed by atoms with van der Waals surface area (Å²) in [5.41, 5.74) is 5.24. The predicted octanol–water partition coefficient (Wildman–Crippen LogP) is 3.87. The first-order chi connectivity index (χ1) is 16.6. The number of hydrogen-bond acceptors (Lipinski definition) is 5. The van der Waals surface area contributed by atoms with Gasteiger partial charge in [-0.1, -0.05) is 30.3 Å². The molecule has 35 heavy (non-hydrogen) atoms. The molecule has 0 bridgehead atoms. The van der Waals surface area contributed by atoms with E-state index in [0.717, 1.165) is 29.6 Å². The van der Waals surface area contributed by atoms with Crippen LogP contribution in [0.15, 0.2) is 66.7 Å². The lowest BCUT2D eigenvalue weighted by atomic mass is 9.98. The van der Waals surface area contributed by atoms with Gasteiger partial charge < -0.3 is 15.5 Å². The molecular weight excluding hydrogens is 467 g/mol. The van der Waals surface area contributed by atoms with Crippen LogP contribution in [0.5, 0.6) is 0 Å². The van der Waals surface area contributed by atoms with Crippen molar-refractivity contribution in [1.82, 2.24) is 9.62 Å². The van der Waals surface area contributed by atoms with Crippen LogP contribution >= 0.6 is 0 Å². The first kappa shape index (κ1) is 24.6. The zero-order valence-corrected chi connectivity index (χ0v) is 20.5. The Morgan fingerprint density at radius 2 is 1.74 bits per heavy atom. The zero-order chi connectivity index (χ0) is 25.2. The molecule has 0 fully saturated rings. The van der Waals surface area contributed by atoms with E-state index >= 15 is 0 Å². The quantitative estimate of drug-likeness (QED) is 0.414. The Kier molecular flexibility index (Phi) is 7.02. The molecule has 0 atom stereocenters. The molecule has 0 saturated carbocycles. The molecular formula is C26H27FN4O3S. The molecule has 1 heterocycles. The molecule has 0 saturated heterocycles. The van der Waals surface area contributed by atoms with E-state index in [1.54, 1.807) is 18.2 Å². The Labute approximate surface area is 204 Å². The van der Waals surface area contributed by atoms with Crippen LogP contribution in [0.4, 0.5) is 15.8 Å². The highest BCUT2D eigenvalue weighted by Gasteiger charge is 2.29. The second-order valence-electron chi connectivity index (χ2n) is 8.75. The van der Waals surface area contributed by atoms with E-state index in [-0.39, 0.29) is 12.5 Å². The van der Waals surface area contributed by atoms with Crippen molar-refractivity contribution in [2.75, 3.05) is 31.0 Å². The summed E-state index contributed by atoms with van der Waals surface area (Å²) in [6, 6.07) is 19.4. The van der Waals surface area contributed by atoms with Gasteiger partial charge in [0, 0.05) is 24.3 Å². The monoisotopic (exact) mass is 494 g/mol. The van der Waals surface area contributed by atoms with Crippen molar-refractivity contribution in [3.05, 3.63) is 94.8 Å². The van der Waals surface area contributed by atoms with Gasteiger partial charge in [-0.2, -0.15) is 0 Å². The molecule has 4 rings (SSSR count). The lowest BCUT2D eigenvalue weighted by Gasteiger charge is -2.17. The Balaban J connectivity index is 1.79. The maximum absolute atomic E-state index is 13.8. The van der Waals surface area contributed by atoms with Crippen LogP contribution in [0.2, 0.25) is 0 Å². The fraction of sp³-hybridized carbons (Fsp3) is 0.192. The summed E-state index contributed by atoms with van der Waals surface area (Å²) in [4.78, 5) is 15.1. The smallest absolute Gasteiger partial charge is 0.258 e. The molecule has 7 nitrogen and oxygen atoms in total. The summed E-state index contributed by atoms with van der Waals surface area (Å²) in [5.74, 6) is -0.790. The lowest BCUT2D eigenvalue weighted by molar-refractivity contribution is -0.110. The van der Waals surface area contributed by atoms with E-state index in [0.29, 0.717) is 28.1 Å². The maximum Gasteiger partial charge on any atom is 0.258 e. The summed E-state index contributed by atoms with van der Waals surface area (Å²) in [6.45, 7) is 0.910. The van der Waals surface area contributed by atoms with Crippen LogP contribution in [0.3, 0.4) is 0 Å². The van der Waals surface area contributed by atoms with Crippen molar-refractivity contribution in [1.29, 1.82) is 0 Å².